The number of nitrogens with two attached hydrogens (primary N) is 1. The zero-order valence-corrected chi connectivity index (χ0v) is 8.16. The zero-order valence-electron chi connectivity index (χ0n) is 8.16. The fraction of sp³-hybridized carbons (Fsp3) is 0.200. The Labute approximate surface area is 89.8 Å². The molecule has 0 heterocycles. The molecule has 0 radical (unpaired) electrons. The summed E-state index contributed by atoms with van der Waals surface area (Å²) < 4.78 is 35.3. The molecule has 0 atom stereocenters. The van der Waals surface area contributed by atoms with Gasteiger partial charge < -0.3 is 5.73 Å². The second kappa shape index (κ2) is 4.78. The Hall–Kier alpha value is -1.85. The number of halogens is 3. The van der Waals surface area contributed by atoms with Crippen LogP contribution < -0.4 is 5.73 Å². The van der Waals surface area contributed by atoms with Crippen LogP contribution in [0.3, 0.4) is 0 Å². The monoisotopic (exact) mass is 230 g/mol. The highest BCUT2D eigenvalue weighted by Gasteiger charge is 2.25. The molecule has 0 aliphatic rings. The SMILES string of the molecule is NC(=O)c1ccc(C=NCC(F)(F)F)cc1. The quantitative estimate of drug-likeness (QED) is 0.790. The third-order valence-electron chi connectivity index (χ3n) is 1.71. The van der Waals surface area contributed by atoms with Gasteiger partial charge in [-0.05, 0) is 17.7 Å². The molecule has 0 aromatic heterocycles. The van der Waals surface area contributed by atoms with Crippen molar-refractivity contribution in [2.24, 2.45) is 10.7 Å². The van der Waals surface area contributed by atoms with Gasteiger partial charge >= 0.3 is 6.18 Å². The van der Waals surface area contributed by atoms with Crippen LogP contribution in [-0.4, -0.2) is 24.8 Å². The predicted molar refractivity (Wildman–Crippen MR) is 53.5 cm³/mol. The molecule has 0 unspecified atom stereocenters. The summed E-state index contributed by atoms with van der Waals surface area (Å²) in [5.41, 5.74) is 5.78. The molecule has 1 rings (SSSR count). The third-order valence-corrected chi connectivity index (χ3v) is 1.71. The average molecular weight is 230 g/mol. The van der Waals surface area contributed by atoms with Crippen LogP contribution >= 0.6 is 0 Å². The number of alkyl halides is 3. The Morgan fingerprint density at radius 3 is 2.31 bits per heavy atom. The minimum atomic E-state index is -4.30. The number of hydrogen-bond acceptors (Lipinski definition) is 2. The van der Waals surface area contributed by atoms with Crippen LogP contribution in [0.25, 0.3) is 0 Å². The number of benzene rings is 1. The number of aliphatic imine (C=N–C) groups is 1. The van der Waals surface area contributed by atoms with Gasteiger partial charge in [-0.2, -0.15) is 13.2 Å². The van der Waals surface area contributed by atoms with E-state index in [1.807, 2.05) is 0 Å². The van der Waals surface area contributed by atoms with E-state index in [4.69, 9.17) is 5.73 Å². The Kier molecular flexibility index (Phi) is 3.65. The van der Waals surface area contributed by atoms with Crippen molar-refractivity contribution in [2.45, 2.75) is 6.18 Å². The molecule has 0 saturated heterocycles. The van der Waals surface area contributed by atoms with Gasteiger partial charge in [0.2, 0.25) is 5.91 Å². The molecule has 1 aromatic rings. The summed E-state index contributed by atoms with van der Waals surface area (Å²) in [4.78, 5) is 13.9. The van der Waals surface area contributed by atoms with Crippen molar-refractivity contribution in [3.8, 4) is 0 Å². The van der Waals surface area contributed by atoms with Crippen molar-refractivity contribution in [3.63, 3.8) is 0 Å². The molecule has 3 nitrogen and oxygen atoms in total. The lowest BCUT2D eigenvalue weighted by Gasteiger charge is -2.00. The third kappa shape index (κ3) is 4.12. The van der Waals surface area contributed by atoms with E-state index in [0.29, 0.717) is 11.1 Å². The lowest BCUT2D eigenvalue weighted by molar-refractivity contribution is -0.118. The Bertz CT molecular complexity index is 396. The maximum absolute atomic E-state index is 11.8. The second-order valence-corrected chi connectivity index (χ2v) is 3.07. The number of nitrogens with zero attached hydrogens (tertiary/aromatic N) is 1. The number of hydrogen-bond donors (Lipinski definition) is 1. The first kappa shape index (κ1) is 12.2. The minimum absolute atomic E-state index is 0.299. The summed E-state index contributed by atoms with van der Waals surface area (Å²) in [6.45, 7) is -1.22. The van der Waals surface area contributed by atoms with Gasteiger partial charge in [0.25, 0.3) is 0 Å². The first-order valence-corrected chi connectivity index (χ1v) is 4.35. The summed E-state index contributed by atoms with van der Waals surface area (Å²) in [6, 6.07) is 5.80. The van der Waals surface area contributed by atoms with Crippen LogP contribution in [0.15, 0.2) is 29.3 Å². The predicted octanol–water partition coefficient (Wildman–Crippen LogP) is 1.77. The summed E-state index contributed by atoms with van der Waals surface area (Å²) in [7, 11) is 0. The highest BCUT2D eigenvalue weighted by molar-refractivity contribution is 5.93. The lowest BCUT2D eigenvalue weighted by Crippen LogP contribution is -2.12. The van der Waals surface area contributed by atoms with E-state index in [9.17, 15) is 18.0 Å². The molecule has 1 aromatic carbocycles. The van der Waals surface area contributed by atoms with Gasteiger partial charge in [0, 0.05) is 11.8 Å². The Morgan fingerprint density at radius 1 is 1.31 bits per heavy atom. The lowest BCUT2D eigenvalue weighted by atomic mass is 10.1. The summed E-state index contributed by atoms with van der Waals surface area (Å²) >= 11 is 0. The Balaban J connectivity index is 2.65. The van der Waals surface area contributed by atoms with Crippen molar-refractivity contribution in [3.05, 3.63) is 35.4 Å². The van der Waals surface area contributed by atoms with Gasteiger partial charge in [0.15, 0.2) is 0 Å². The molecule has 0 fully saturated rings. The largest absolute Gasteiger partial charge is 0.407 e. The molecule has 0 aliphatic heterocycles. The van der Waals surface area contributed by atoms with Gasteiger partial charge in [-0.25, -0.2) is 0 Å². The van der Waals surface area contributed by atoms with Crippen LogP contribution in [0.2, 0.25) is 0 Å². The summed E-state index contributed by atoms with van der Waals surface area (Å²) in [5.74, 6) is -0.584. The fourth-order valence-corrected chi connectivity index (χ4v) is 0.988. The topological polar surface area (TPSA) is 55.5 Å². The van der Waals surface area contributed by atoms with Crippen LogP contribution in [-0.2, 0) is 0 Å². The van der Waals surface area contributed by atoms with Gasteiger partial charge in [-0.1, -0.05) is 12.1 Å². The van der Waals surface area contributed by atoms with E-state index >= 15 is 0 Å². The summed E-state index contributed by atoms with van der Waals surface area (Å²) in [5, 5.41) is 0. The molecule has 0 saturated carbocycles. The fourth-order valence-electron chi connectivity index (χ4n) is 0.988. The molecule has 16 heavy (non-hydrogen) atoms. The minimum Gasteiger partial charge on any atom is -0.366 e. The van der Waals surface area contributed by atoms with Crippen molar-refractivity contribution in [2.75, 3.05) is 6.54 Å². The number of rotatable bonds is 3. The molecule has 2 N–H and O–H groups in total. The molecule has 86 valence electrons. The number of primary amides is 1. The first-order valence-electron chi connectivity index (χ1n) is 4.35. The van der Waals surface area contributed by atoms with Crippen molar-refractivity contribution in [1.82, 2.24) is 0 Å². The van der Waals surface area contributed by atoms with Gasteiger partial charge in [-0.3, -0.25) is 9.79 Å². The van der Waals surface area contributed by atoms with E-state index in [0.717, 1.165) is 6.21 Å². The van der Waals surface area contributed by atoms with E-state index in [1.54, 1.807) is 0 Å². The van der Waals surface area contributed by atoms with E-state index < -0.39 is 18.6 Å². The molecule has 1 amide bonds. The summed E-state index contributed by atoms with van der Waals surface area (Å²) in [6.07, 6.45) is -3.21. The highest BCUT2D eigenvalue weighted by atomic mass is 19.4. The maximum Gasteiger partial charge on any atom is 0.407 e. The average Bonchev–Trinajstić information content (AvgIpc) is 2.16. The van der Waals surface area contributed by atoms with E-state index in [1.165, 1.54) is 24.3 Å². The maximum atomic E-state index is 11.8. The van der Waals surface area contributed by atoms with Crippen LogP contribution in [0.5, 0.6) is 0 Å². The van der Waals surface area contributed by atoms with Crippen molar-refractivity contribution in [1.29, 1.82) is 0 Å². The van der Waals surface area contributed by atoms with Crippen molar-refractivity contribution >= 4 is 12.1 Å². The highest BCUT2D eigenvalue weighted by Crippen LogP contribution is 2.14. The molecule has 0 bridgehead atoms. The second-order valence-electron chi connectivity index (χ2n) is 3.07. The van der Waals surface area contributed by atoms with Crippen molar-refractivity contribution < 1.29 is 18.0 Å². The van der Waals surface area contributed by atoms with Crippen LogP contribution in [0.4, 0.5) is 13.2 Å². The van der Waals surface area contributed by atoms with E-state index in [-0.39, 0.29) is 0 Å². The van der Waals surface area contributed by atoms with Gasteiger partial charge in [0.1, 0.15) is 6.54 Å². The molecule has 0 aliphatic carbocycles. The molecular formula is C10H9F3N2O. The standard InChI is InChI=1S/C10H9F3N2O/c11-10(12,13)6-15-5-7-1-3-8(4-2-7)9(14)16/h1-5H,6H2,(H2,14,16). The number of amides is 1. The molecular weight excluding hydrogens is 221 g/mol. The number of carbonyl (C=O) groups excluding carboxylic acids is 1. The van der Waals surface area contributed by atoms with Crippen LogP contribution in [0.1, 0.15) is 15.9 Å². The molecule has 6 heteroatoms. The van der Waals surface area contributed by atoms with Gasteiger partial charge in [-0.15, -0.1) is 0 Å². The zero-order chi connectivity index (χ0) is 12.2. The van der Waals surface area contributed by atoms with Gasteiger partial charge in [0.05, 0.1) is 0 Å². The first-order chi connectivity index (χ1) is 7.38. The van der Waals surface area contributed by atoms with E-state index in [2.05, 4.69) is 4.99 Å². The molecule has 0 spiro atoms. The van der Waals surface area contributed by atoms with Crippen LogP contribution in [0, 0.1) is 0 Å². The Morgan fingerprint density at radius 2 is 1.88 bits per heavy atom. The smallest absolute Gasteiger partial charge is 0.366 e. The normalized spacial score (nSPS) is 11.9. The number of carbonyl (C=O) groups is 1.